The Morgan fingerprint density at radius 1 is 1.50 bits per heavy atom. The number of nitrogens with two attached hydrogens (primary N) is 1. The minimum absolute atomic E-state index is 0. The summed E-state index contributed by atoms with van der Waals surface area (Å²) in [6, 6.07) is 7.96. The van der Waals surface area contributed by atoms with E-state index in [1.165, 1.54) is 11.1 Å². The highest BCUT2D eigenvalue weighted by molar-refractivity contribution is 5.85. The molecule has 0 fully saturated rings. The molecule has 0 aromatic heterocycles. The van der Waals surface area contributed by atoms with Crippen LogP contribution in [0, 0.1) is 0 Å². The van der Waals surface area contributed by atoms with E-state index in [-0.39, 0.29) is 24.4 Å². The summed E-state index contributed by atoms with van der Waals surface area (Å²) in [5.74, 6) is -0.0725. The van der Waals surface area contributed by atoms with Crippen LogP contribution in [-0.4, -0.2) is 11.9 Å². The maximum atomic E-state index is 11.5. The standard InChI is InChI=1S/C12H16N2O.ClH/c1-8(13)12(15)14-11-7-6-9-4-2-3-5-10(9)11;/h2-5,8,11H,6-7,13H2,1H3,(H,14,15);1H. The molecule has 4 heteroatoms. The average Bonchev–Trinajstić information content (AvgIpc) is 2.62. The van der Waals surface area contributed by atoms with Gasteiger partial charge in [-0.15, -0.1) is 12.4 Å². The van der Waals surface area contributed by atoms with Gasteiger partial charge >= 0.3 is 0 Å². The van der Waals surface area contributed by atoms with Gasteiger partial charge in [0.25, 0.3) is 0 Å². The lowest BCUT2D eigenvalue weighted by molar-refractivity contribution is -0.122. The first-order valence-corrected chi connectivity index (χ1v) is 5.32. The summed E-state index contributed by atoms with van der Waals surface area (Å²) in [4.78, 5) is 11.5. The molecule has 0 saturated heterocycles. The van der Waals surface area contributed by atoms with Crippen LogP contribution in [0.3, 0.4) is 0 Å². The van der Waals surface area contributed by atoms with E-state index in [0.29, 0.717) is 0 Å². The first-order valence-electron chi connectivity index (χ1n) is 5.32. The van der Waals surface area contributed by atoms with Gasteiger partial charge in [0.15, 0.2) is 0 Å². The third kappa shape index (κ3) is 2.54. The van der Waals surface area contributed by atoms with Crippen LogP contribution in [0.4, 0.5) is 0 Å². The largest absolute Gasteiger partial charge is 0.348 e. The quantitative estimate of drug-likeness (QED) is 0.824. The molecule has 16 heavy (non-hydrogen) atoms. The SMILES string of the molecule is CC(N)C(=O)NC1CCc2ccccc21.Cl. The third-order valence-corrected chi connectivity index (χ3v) is 2.86. The fourth-order valence-corrected chi connectivity index (χ4v) is 2.01. The number of nitrogens with one attached hydrogen (secondary N) is 1. The Kier molecular flexibility index (Phi) is 4.33. The topological polar surface area (TPSA) is 55.1 Å². The lowest BCUT2D eigenvalue weighted by Gasteiger charge is -2.15. The molecule has 0 spiro atoms. The van der Waals surface area contributed by atoms with E-state index < -0.39 is 6.04 Å². The molecule has 3 N–H and O–H groups in total. The molecule has 1 aliphatic rings. The molecule has 88 valence electrons. The molecule has 2 rings (SSSR count). The van der Waals surface area contributed by atoms with Gasteiger partial charge in [0, 0.05) is 0 Å². The molecule has 2 unspecified atom stereocenters. The number of fused-ring (bicyclic) bond motifs is 1. The summed E-state index contributed by atoms with van der Waals surface area (Å²) in [5.41, 5.74) is 8.10. The number of halogens is 1. The lowest BCUT2D eigenvalue weighted by atomic mass is 10.1. The summed E-state index contributed by atoms with van der Waals surface area (Å²) in [5, 5.41) is 2.97. The van der Waals surface area contributed by atoms with E-state index in [2.05, 4.69) is 17.4 Å². The lowest BCUT2D eigenvalue weighted by Crippen LogP contribution is -2.39. The molecule has 1 aromatic carbocycles. The maximum Gasteiger partial charge on any atom is 0.237 e. The van der Waals surface area contributed by atoms with Crippen molar-refractivity contribution in [3.63, 3.8) is 0 Å². The predicted octanol–water partition coefficient (Wildman–Crippen LogP) is 1.56. The molecule has 3 nitrogen and oxygen atoms in total. The Morgan fingerprint density at radius 2 is 2.19 bits per heavy atom. The zero-order valence-electron chi connectivity index (χ0n) is 9.27. The molecule has 0 aliphatic heterocycles. The monoisotopic (exact) mass is 240 g/mol. The fourth-order valence-electron chi connectivity index (χ4n) is 2.01. The Morgan fingerprint density at radius 3 is 2.88 bits per heavy atom. The third-order valence-electron chi connectivity index (χ3n) is 2.86. The van der Waals surface area contributed by atoms with Crippen LogP contribution in [0.25, 0.3) is 0 Å². The van der Waals surface area contributed by atoms with Gasteiger partial charge in [0.2, 0.25) is 5.91 Å². The van der Waals surface area contributed by atoms with Crippen LogP contribution in [0.2, 0.25) is 0 Å². The molecule has 1 aromatic rings. The maximum absolute atomic E-state index is 11.5. The minimum atomic E-state index is -0.433. The predicted molar refractivity (Wildman–Crippen MR) is 66.5 cm³/mol. The van der Waals surface area contributed by atoms with Gasteiger partial charge in [-0.1, -0.05) is 24.3 Å². The summed E-state index contributed by atoms with van der Waals surface area (Å²) in [6.45, 7) is 1.70. The van der Waals surface area contributed by atoms with Crippen LogP contribution in [0.1, 0.15) is 30.5 Å². The van der Waals surface area contributed by atoms with Gasteiger partial charge in [-0.3, -0.25) is 4.79 Å². The van der Waals surface area contributed by atoms with Crippen molar-refractivity contribution in [3.8, 4) is 0 Å². The molecule has 2 atom stereocenters. The number of amides is 1. The highest BCUT2D eigenvalue weighted by atomic mass is 35.5. The van der Waals surface area contributed by atoms with Crippen molar-refractivity contribution in [1.82, 2.24) is 5.32 Å². The summed E-state index contributed by atoms with van der Waals surface area (Å²) in [7, 11) is 0. The smallest absolute Gasteiger partial charge is 0.237 e. The highest BCUT2D eigenvalue weighted by Gasteiger charge is 2.23. The number of hydrogen-bond donors (Lipinski definition) is 2. The van der Waals surface area contributed by atoms with Crippen molar-refractivity contribution >= 4 is 18.3 Å². The number of benzene rings is 1. The molecule has 1 amide bonds. The van der Waals surface area contributed by atoms with Gasteiger partial charge in [0.1, 0.15) is 0 Å². The number of carbonyl (C=O) groups excluding carboxylic acids is 1. The van der Waals surface area contributed by atoms with Crippen LogP contribution in [-0.2, 0) is 11.2 Å². The van der Waals surface area contributed by atoms with E-state index >= 15 is 0 Å². The van der Waals surface area contributed by atoms with Crippen molar-refractivity contribution in [3.05, 3.63) is 35.4 Å². The summed E-state index contributed by atoms with van der Waals surface area (Å²) >= 11 is 0. The first kappa shape index (κ1) is 13.0. The van der Waals surface area contributed by atoms with Crippen LogP contribution in [0.15, 0.2) is 24.3 Å². The molecular formula is C12H17ClN2O. The van der Waals surface area contributed by atoms with Gasteiger partial charge in [-0.25, -0.2) is 0 Å². The van der Waals surface area contributed by atoms with E-state index in [1.807, 2.05) is 12.1 Å². The van der Waals surface area contributed by atoms with Crippen LogP contribution in [0.5, 0.6) is 0 Å². The molecule has 1 aliphatic carbocycles. The second kappa shape index (κ2) is 5.32. The van der Waals surface area contributed by atoms with Crippen LogP contribution < -0.4 is 11.1 Å². The van der Waals surface area contributed by atoms with Gasteiger partial charge in [0.05, 0.1) is 12.1 Å². The van der Waals surface area contributed by atoms with E-state index in [0.717, 1.165) is 12.8 Å². The first-order chi connectivity index (χ1) is 7.18. The summed E-state index contributed by atoms with van der Waals surface area (Å²) < 4.78 is 0. The van der Waals surface area contributed by atoms with Crippen molar-refractivity contribution < 1.29 is 4.79 Å². The summed E-state index contributed by atoms with van der Waals surface area (Å²) in [6.07, 6.45) is 2.03. The van der Waals surface area contributed by atoms with Gasteiger partial charge in [-0.05, 0) is 30.9 Å². The Labute approximate surface area is 102 Å². The number of carbonyl (C=O) groups is 1. The van der Waals surface area contributed by atoms with E-state index in [1.54, 1.807) is 6.92 Å². The number of rotatable bonds is 2. The van der Waals surface area contributed by atoms with Gasteiger partial charge < -0.3 is 11.1 Å². The van der Waals surface area contributed by atoms with Crippen LogP contribution >= 0.6 is 12.4 Å². The number of aryl methyl sites for hydroxylation is 1. The van der Waals surface area contributed by atoms with Crippen molar-refractivity contribution in [2.75, 3.05) is 0 Å². The fraction of sp³-hybridized carbons (Fsp3) is 0.417. The second-order valence-electron chi connectivity index (χ2n) is 4.09. The Hall–Kier alpha value is -1.06. The normalized spacial score (nSPS) is 19.5. The van der Waals surface area contributed by atoms with E-state index in [4.69, 9.17) is 5.73 Å². The zero-order valence-corrected chi connectivity index (χ0v) is 10.1. The van der Waals surface area contributed by atoms with E-state index in [9.17, 15) is 4.79 Å². The zero-order chi connectivity index (χ0) is 10.8. The highest BCUT2D eigenvalue weighted by Crippen LogP contribution is 2.30. The van der Waals surface area contributed by atoms with Crippen molar-refractivity contribution in [2.45, 2.75) is 31.8 Å². The van der Waals surface area contributed by atoms with Crippen molar-refractivity contribution in [1.29, 1.82) is 0 Å². The van der Waals surface area contributed by atoms with Gasteiger partial charge in [-0.2, -0.15) is 0 Å². The molecule has 0 heterocycles. The second-order valence-corrected chi connectivity index (χ2v) is 4.09. The number of hydrogen-bond acceptors (Lipinski definition) is 2. The molecule has 0 bridgehead atoms. The average molecular weight is 241 g/mol. The molecule has 0 saturated carbocycles. The Balaban J connectivity index is 0.00000128. The van der Waals surface area contributed by atoms with Crippen molar-refractivity contribution in [2.24, 2.45) is 5.73 Å². The molecule has 0 radical (unpaired) electrons. The Bertz CT molecular complexity index is 379. The minimum Gasteiger partial charge on any atom is -0.348 e. The molecular weight excluding hydrogens is 224 g/mol.